The van der Waals surface area contributed by atoms with Crippen LogP contribution in [0.15, 0.2) is 36.5 Å². The van der Waals surface area contributed by atoms with E-state index in [-0.39, 0.29) is 0 Å². The Morgan fingerprint density at radius 3 is 2.76 bits per heavy atom. The van der Waals surface area contributed by atoms with Gasteiger partial charge in [0, 0.05) is 26.8 Å². The first-order valence-corrected chi connectivity index (χ1v) is 6.99. The summed E-state index contributed by atoms with van der Waals surface area (Å²) >= 11 is 0. The van der Waals surface area contributed by atoms with Crippen molar-refractivity contribution in [1.29, 1.82) is 0 Å². The van der Waals surface area contributed by atoms with Crippen molar-refractivity contribution in [2.45, 2.75) is 6.54 Å². The van der Waals surface area contributed by atoms with Crippen LogP contribution < -0.4 is 19.7 Å². The maximum absolute atomic E-state index is 5.60. The van der Waals surface area contributed by atoms with Crippen LogP contribution in [0.25, 0.3) is 0 Å². The van der Waals surface area contributed by atoms with Crippen molar-refractivity contribution in [1.82, 2.24) is 4.98 Å². The van der Waals surface area contributed by atoms with Crippen molar-refractivity contribution in [3.05, 3.63) is 42.1 Å². The normalized spacial score (nSPS) is 12.9. The highest BCUT2D eigenvalue weighted by Crippen LogP contribution is 2.31. The fourth-order valence-corrected chi connectivity index (χ4v) is 2.29. The summed E-state index contributed by atoms with van der Waals surface area (Å²) in [4.78, 5) is 6.37. The summed E-state index contributed by atoms with van der Waals surface area (Å²) in [5.74, 6) is 2.56. The molecule has 1 aliphatic rings. The molecular weight excluding hydrogens is 266 g/mol. The van der Waals surface area contributed by atoms with E-state index in [1.807, 2.05) is 49.3 Å². The fourth-order valence-electron chi connectivity index (χ4n) is 2.29. The summed E-state index contributed by atoms with van der Waals surface area (Å²) < 4.78 is 11.1. The molecule has 5 heteroatoms. The van der Waals surface area contributed by atoms with Gasteiger partial charge in [0.15, 0.2) is 17.3 Å². The number of nitrogens with zero attached hydrogens (tertiary/aromatic N) is 2. The van der Waals surface area contributed by atoms with Gasteiger partial charge in [-0.15, -0.1) is 0 Å². The number of rotatable bonds is 4. The van der Waals surface area contributed by atoms with Gasteiger partial charge in [0.1, 0.15) is 13.2 Å². The van der Waals surface area contributed by atoms with Gasteiger partial charge < -0.3 is 19.7 Å². The number of pyridine rings is 1. The van der Waals surface area contributed by atoms with Crippen molar-refractivity contribution >= 4 is 11.5 Å². The van der Waals surface area contributed by atoms with E-state index >= 15 is 0 Å². The van der Waals surface area contributed by atoms with Gasteiger partial charge in [0.05, 0.1) is 5.69 Å². The van der Waals surface area contributed by atoms with E-state index in [9.17, 15) is 0 Å². The lowest BCUT2D eigenvalue weighted by molar-refractivity contribution is 0.171. The van der Waals surface area contributed by atoms with Crippen LogP contribution in [0.1, 0.15) is 5.56 Å². The number of benzene rings is 1. The van der Waals surface area contributed by atoms with Crippen LogP contribution in [-0.4, -0.2) is 32.3 Å². The maximum Gasteiger partial charge on any atom is 0.161 e. The number of nitrogens with one attached hydrogen (secondary N) is 1. The Bertz CT molecular complexity index is 629. The highest BCUT2D eigenvalue weighted by molar-refractivity contribution is 5.64. The third kappa shape index (κ3) is 3.02. The molecule has 2 heterocycles. The van der Waals surface area contributed by atoms with Gasteiger partial charge >= 0.3 is 0 Å². The first kappa shape index (κ1) is 13.5. The third-order valence-corrected chi connectivity index (χ3v) is 3.30. The summed E-state index contributed by atoms with van der Waals surface area (Å²) in [7, 11) is 3.97. The van der Waals surface area contributed by atoms with Gasteiger partial charge in [0.25, 0.3) is 0 Å². The molecule has 1 aliphatic heterocycles. The van der Waals surface area contributed by atoms with Crippen LogP contribution in [0.5, 0.6) is 11.5 Å². The number of anilines is 2. The van der Waals surface area contributed by atoms with E-state index < -0.39 is 0 Å². The molecule has 0 spiro atoms. The number of hydrogen-bond donors (Lipinski definition) is 1. The number of fused-ring (bicyclic) bond motifs is 1. The number of aromatic nitrogens is 1. The maximum atomic E-state index is 5.60. The second kappa shape index (κ2) is 5.91. The Morgan fingerprint density at radius 1 is 1.14 bits per heavy atom. The van der Waals surface area contributed by atoms with Crippen LogP contribution in [0.2, 0.25) is 0 Å². The zero-order valence-corrected chi connectivity index (χ0v) is 12.3. The van der Waals surface area contributed by atoms with E-state index in [1.54, 1.807) is 6.20 Å². The van der Waals surface area contributed by atoms with Crippen molar-refractivity contribution in [3.8, 4) is 11.5 Å². The first-order chi connectivity index (χ1) is 10.2. The highest BCUT2D eigenvalue weighted by Gasteiger charge is 2.12. The van der Waals surface area contributed by atoms with E-state index in [0.29, 0.717) is 19.8 Å². The lowest BCUT2D eigenvalue weighted by Gasteiger charge is -2.20. The van der Waals surface area contributed by atoms with Crippen LogP contribution >= 0.6 is 0 Å². The Balaban J connectivity index is 1.73. The molecule has 0 saturated heterocycles. The molecule has 0 amide bonds. The van der Waals surface area contributed by atoms with Crippen molar-refractivity contribution in [2.24, 2.45) is 0 Å². The summed E-state index contributed by atoms with van der Waals surface area (Å²) in [6.07, 6.45) is 1.80. The Labute approximate surface area is 124 Å². The van der Waals surface area contributed by atoms with Crippen molar-refractivity contribution in [3.63, 3.8) is 0 Å². The molecule has 1 aromatic heterocycles. The molecule has 0 radical (unpaired) electrons. The minimum atomic E-state index is 0.608. The molecule has 110 valence electrons. The molecule has 21 heavy (non-hydrogen) atoms. The summed E-state index contributed by atoms with van der Waals surface area (Å²) in [5.41, 5.74) is 2.16. The lowest BCUT2D eigenvalue weighted by Crippen LogP contribution is -2.16. The van der Waals surface area contributed by atoms with Crippen molar-refractivity contribution < 1.29 is 9.47 Å². The smallest absolute Gasteiger partial charge is 0.161 e. The van der Waals surface area contributed by atoms with Gasteiger partial charge in [-0.1, -0.05) is 6.07 Å². The molecule has 1 N–H and O–H groups in total. The average molecular weight is 285 g/mol. The second-order valence-corrected chi connectivity index (χ2v) is 5.10. The number of ether oxygens (including phenoxy) is 2. The molecule has 1 aromatic carbocycles. The van der Waals surface area contributed by atoms with Crippen LogP contribution in [0.3, 0.4) is 0 Å². The number of hydrogen-bond acceptors (Lipinski definition) is 5. The highest BCUT2D eigenvalue weighted by atomic mass is 16.6. The summed E-state index contributed by atoms with van der Waals surface area (Å²) in [6, 6.07) is 9.99. The summed E-state index contributed by atoms with van der Waals surface area (Å²) in [6.45, 7) is 1.94. The topological polar surface area (TPSA) is 46.6 Å². The van der Waals surface area contributed by atoms with E-state index in [0.717, 1.165) is 28.6 Å². The first-order valence-electron chi connectivity index (χ1n) is 6.99. The fraction of sp³-hybridized carbons (Fsp3) is 0.312. The summed E-state index contributed by atoms with van der Waals surface area (Å²) in [5, 5.41) is 3.42. The van der Waals surface area contributed by atoms with E-state index in [2.05, 4.69) is 10.3 Å². The van der Waals surface area contributed by atoms with Crippen LogP contribution in [0.4, 0.5) is 11.5 Å². The molecule has 0 fully saturated rings. The molecule has 0 aliphatic carbocycles. The monoisotopic (exact) mass is 285 g/mol. The minimum absolute atomic E-state index is 0.608. The molecule has 5 nitrogen and oxygen atoms in total. The standard InChI is InChI=1S/C16H19N3O2/c1-19(2)16-13(4-3-7-17-16)18-11-12-5-6-14-15(10-12)21-9-8-20-14/h3-7,10,18H,8-9,11H2,1-2H3. The molecule has 2 aromatic rings. The van der Waals surface area contributed by atoms with E-state index in [4.69, 9.17) is 9.47 Å². The second-order valence-electron chi connectivity index (χ2n) is 5.10. The predicted molar refractivity (Wildman–Crippen MR) is 83.3 cm³/mol. The lowest BCUT2D eigenvalue weighted by atomic mass is 10.2. The Kier molecular flexibility index (Phi) is 3.81. The Morgan fingerprint density at radius 2 is 1.95 bits per heavy atom. The zero-order valence-electron chi connectivity index (χ0n) is 12.3. The van der Waals surface area contributed by atoms with Gasteiger partial charge in [-0.2, -0.15) is 0 Å². The molecular formula is C16H19N3O2. The zero-order chi connectivity index (χ0) is 14.7. The quantitative estimate of drug-likeness (QED) is 0.935. The molecule has 0 unspecified atom stereocenters. The molecule has 0 bridgehead atoms. The predicted octanol–water partition coefficient (Wildman–Crippen LogP) is 2.53. The largest absolute Gasteiger partial charge is 0.486 e. The van der Waals surface area contributed by atoms with Gasteiger partial charge in [0.2, 0.25) is 0 Å². The Hall–Kier alpha value is -2.43. The van der Waals surface area contributed by atoms with Gasteiger partial charge in [-0.25, -0.2) is 4.98 Å². The van der Waals surface area contributed by atoms with E-state index in [1.165, 1.54) is 0 Å². The average Bonchev–Trinajstić information content (AvgIpc) is 2.53. The third-order valence-electron chi connectivity index (χ3n) is 3.30. The van der Waals surface area contributed by atoms with Crippen molar-refractivity contribution in [2.75, 3.05) is 37.5 Å². The molecule has 3 rings (SSSR count). The SMILES string of the molecule is CN(C)c1ncccc1NCc1ccc2c(c1)OCCO2. The molecule has 0 atom stereocenters. The van der Waals surface area contributed by atoms with Gasteiger partial charge in [-0.3, -0.25) is 0 Å². The van der Waals surface area contributed by atoms with Gasteiger partial charge in [-0.05, 0) is 29.8 Å². The van der Waals surface area contributed by atoms with Crippen LogP contribution in [-0.2, 0) is 6.54 Å². The molecule has 0 saturated carbocycles. The van der Waals surface area contributed by atoms with Crippen LogP contribution in [0, 0.1) is 0 Å². The minimum Gasteiger partial charge on any atom is -0.486 e.